The van der Waals surface area contributed by atoms with Gasteiger partial charge in [-0.05, 0) is 19.3 Å². The van der Waals surface area contributed by atoms with Crippen LogP contribution < -0.4 is 5.32 Å². The van der Waals surface area contributed by atoms with Gasteiger partial charge in [0, 0.05) is 6.04 Å². The first-order chi connectivity index (χ1) is 5.79. The molecule has 1 N–H and O–H groups in total. The van der Waals surface area contributed by atoms with Crippen molar-refractivity contribution in [2.75, 3.05) is 0 Å². The molecule has 0 rings (SSSR count). The van der Waals surface area contributed by atoms with Crippen LogP contribution in [0, 0.1) is 22.7 Å². The standard InChI is InChI=1S/C10H18N2O/c1-7(6-11)9(13)12-8(2)10(3,4)5/h7-8H,1-5H3,(H,12,13). The topological polar surface area (TPSA) is 52.9 Å². The molecule has 0 saturated carbocycles. The summed E-state index contributed by atoms with van der Waals surface area (Å²) in [6.45, 7) is 9.70. The maximum Gasteiger partial charge on any atom is 0.237 e. The minimum absolute atomic E-state index is 0.0326. The van der Waals surface area contributed by atoms with E-state index in [0.29, 0.717) is 0 Å². The second-order valence-electron chi connectivity index (χ2n) is 4.45. The van der Waals surface area contributed by atoms with Crippen LogP contribution in [0.4, 0.5) is 0 Å². The quantitative estimate of drug-likeness (QED) is 0.706. The summed E-state index contributed by atoms with van der Waals surface area (Å²) < 4.78 is 0. The Hall–Kier alpha value is -1.04. The smallest absolute Gasteiger partial charge is 0.237 e. The van der Waals surface area contributed by atoms with Crippen molar-refractivity contribution in [3.63, 3.8) is 0 Å². The molecule has 74 valence electrons. The van der Waals surface area contributed by atoms with Crippen molar-refractivity contribution in [2.45, 2.75) is 40.7 Å². The molecular weight excluding hydrogens is 164 g/mol. The molecule has 2 atom stereocenters. The van der Waals surface area contributed by atoms with Gasteiger partial charge in [0.15, 0.2) is 0 Å². The highest BCUT2D eigenvalue weighted by molar-refractivity contribution is 5.80. The zero-order valence-electron chi connectivity index (χ0n) is 9.01. The van der Waals surface area contributed by atoms with Crippen LogP contribution in [0.25, 0.3) is 0 Å². The van der Waals surface area contributed by atoms with E-state index in [2.05, 4.69) is 26.1 Å². The summed E-state index contributed by atoms with van der Waals surface area (Å²) in [7, 11) is 0. The molecule has 0 fully saturated rings. The molecular formula is C10H18N2O. The fourth-order valence-corrected chi connectivity index (χ4v) is 0.614. The molecule has 0 spiro atoms. The Morgan fingerprint density at radius 2 is 1.85 bits per heavy atom. The Morgan fingerprint density at radius 3 is 2.15 bits per heavy atom. The summed E-state index contributed by atoms with van der Waals surface area (Å²) in [4.78, 5) is 11.3. The molecule has 13 heavy (non-hydrogen) atoms. The summed E-state index contributed by atoms with van der Waals surface area (Å²) in [5.74, 6) is -0.755. The zero-order chi connectivity index (χ0) is 10.6. The van der Waals surface area contributed by atoms with Crippen LogP contribution in [0.15, 0.2) is 0 Å². The second kappa shape index (κ2) is 4.27. The first-order valence-electron chi connectivity index (χ1n) is 4.49. The van der Waals surface area contributed by atoms with Gasteiger partial charge in [-0.3, -0.25) is 4.79 Å². The summed E-state index contributed by atoms with van der Waals surface area (Å²) in [6, 6.07) is 1.99. The first-order valence-corrected chi connectivity index (χ1v) is 4.49. The number of rotatable bonds is 2. The van der Waals surface area contributed by atoms with E-state index in [1.807, 2.05) is 13.0 Å². The number of carbonyl (C=O) groups is 1. The SMILES string of the molecule is CC(C#N)C(=O)NC(C)C(C)(C)C. The summed E-state index contributed by atoms with van der Waals surface area (Å²) >= 11 is 0. The second-order valence-corrected chi connectivity index (χ2v) is 4.45. The lowest BCUT2D eigenvalue weighted by atomic mass is 9.88. The summed E-state index contributed by atoms with van der Waals surface area (Å²) in [6.07, 6.45) is 0. The maximum absolute atomic E-state index is 11.3. The third kappa shape index (κ3) is 3.93. The maximum atomic E-state index is 11.3. The number of amides is 1. The van der Waals surface area contributed by atoms with Crippen molar-refractivity contribution in [1.29, 1.82) is 5.26 Å². The van der Waals surface area contributed by atoms with Gasteiger partial charge >= 0.3 is 0 Å². The van der Waals surface area contributed by atoms with Crippen molar-refractivity contribution in [2.24, 2.45) is 11.3 Å². The van der Waals surface area contributed by atoms with Crippen LogP contribution in [-0.2, 0) is 4.79 Å². The third-order valence-corrected chi connectivity index (χ3v) is 2.24. The van der Waals surface area contributed by atoms with E-state index in [0.717, 1.165) is 0 Å². The fraction of sp³-hybridized carbons (Fsp3) is 0.800. The molecule has 0 saturated heterocycles. The van der Waals surface area contributed by atoms with E-state index in [1.165, 1.54) is 0 Å². The molecule has 0 radical (unpaired) electrons. The zero-order valence-corrected chi connectivity index (χ0v) is 9.01. The molecule has 0 bridgehead atoms. The lowest BCUT2D eigenvalue weighted by Gasteiger charge is -2.28. The van der Waals surface area contributed by atoms with Gasteiger partial charge in [-0.25, -0.2) is 0 Å². The van der Waals surface area contributed by atoms with Crippen molar-refractivity contribution < 1.29 is 4.79 Å². The van der Waals surface area contributed by atoms with Crippen LogP contribution in [0.2, 0.25) is 0 Å². The largest absolute Gasteiger partial charge is 0.352 e. The van der Waals surface area contributed by atoms with Gasteiger partial charge in [-0.1, -0.05) is 20.8 Å². The van der Waals surface area contributed by atoms with Gasteiger partial charge in [0.1, 0.15) is 5.92 Å². The lowest BCUT2D eigenvalue weighted by molar-refractivity contribution is -0.124. The summed E-state index contributed by atoms with van der Waals surface area (Å²) in [5, 5.41) is 11.3. The number of hydrogen-bond donors (Lipinski definition) is 1. The molecule has 2 unspecified atom stereocenters. The Labute approximate surface area is 80.1 Å². The van der Waals surface area contributed by atoms with Crippen molar-refractivity contribution in [3.05, 3.63) is 0 Å². The molecule has 0 aromatic carbocycles. The van der Waals surface area contributed by atoms with Gasteiger partial charge in [0.05, 0.1) is 6.07 Å². The molecule has 0 aliphatic heterocycles. The predicted molar refractivity (Wildman–Crippen MR) is 51.8 cm³/mol. The molecule has 0 aliphatic carbocycles. The van der Waals surface area contributed by atoms with Gasteiger partial charge in [0.2, 0.25) is 5.91 Å². The van der Waals surface area contributed by atoms with E-state index in [-0.39, 0.29) is 17.4 Å². The highest BCUT2D eigenvalue weighted by Gasteiger charge is 2.23. The average molecular weight is 182 g/mol. The van der Waals surface area contributed by atoms with Crippen LogP contribution in [0.3, 0.4) is 0 Å². The van der Waals surface area contributed by atoms with Gasteiger partial charge in [0.25, 0.3) is 0 Å². The highest BCUT2D eigenvalue weighted by atomic mass is 16.1. The van der Waals surface area contributed by atoms with E-state index < -0.39 is 5.92 Å². The Morgan fingerprint density at radius 1 is 1.38 bits per heavy atom. The molecule has 0 heterocycles. The molecule has 3 heteroatoms. The van der Waals surface area contributed by atoms with E-state index in [1.54, 1.807) is 6.92 Å². The number of carbonyl (C=O) groups excluding carboxylic acids is 1. The molecule has 3 nitrogen and oxygen atoms in total. The van der Waals surface area contributed by atoms with Crippen LogP contribution in [0.5, 0.6) is 0 Å². The van der Waals surface area contributed by atoms with Crippen molar-refractivity contribution >= 4 is 5.91 Å². The summed E-state index contributed by atoms with van der Waals surface area (Å²) in [5.41, 5.74) is 0.0326. The van der Waals surface area contributed by atoms with Gasteiger partial charge in [-0.15, -0.1) is 0 Å². The molecule has 0 aromatic rings. The molecule has 0 aliphatic rings. The highest BCUT2D eigenvalue weighted by Crippen LogP contribution is 2.18. The van der Waals surface area contributed by atoms with Gasteiger partial charge in [-0.2, -0.15) is 5.26 Å². The minimum atomic E-state index is -0.565. The van der Waals surface area contributed by atoms with Crippen molar-refractivity contribution in [3.8, 4) is 6.07 Å². The van der Waals surface area contributed by atoms with Crippen LogP contribution >= 0.6 is 0 Å². The van der Waals surface area contributed by atoms with E-state index in [9.17, 15) is 4.79 Å². The van der Waals surface area contributed by atoms with E-state index in [4.69, 9.17) is 5.26 Å². The monoisotopic (exact) mass is 182 g/mol. The number of nitriles is 1. The number of hydrogen-bond acceptors (Lipinski definition) is 2. The molecule has 1 amide bonds. The third-order valence-electron chi connectivity index (χ3n) is 2.24. The lowest BCUT2D eigenvalue weighted by Crippen LogP contribution is -2.43. The number of nitrogens with one attached hydrogen (secondary N) is 1. The minimum Gasteiger partial charge on any atom is -0.352 e. The Bertz CT molecular complexity index is 222. The molecule has 0 aromatic heterocycles. The normalized spacial score (nSPS) is 15.7. The predicted octanol–water partition coefficient (Wildman–Crippen LogP) is 1.70. The first kappa shape index (κ1) is 12.0. The Kier molecular flexibility index (Phi) is 3.93. The fourth-order valence-electron chi connectivity index (χ4n) is 0.614. The Balaban J connectivity index is 4.17. The van der Waals surface area contributed by atoms with Crippen LogP contribution in [-0.4, -0.2) is 11.9 Å². The van der Waals surface area contributed by atoms with Crippen molar-refractivity contribution in [1.82, 2.24) is 5.32 Å². The van der Waals surface area contributed by atoms with E-state index >= 15 is 0 Å². The van der Waals surface area contributed by atoms with Crippen LogP contribution in [0.1, 0.15) is 34.6 Å². The van der Waals surface area contributed by atoms with Gasteiger partial charge < -0.3 is 5.32 Å². The number of nitrogens with zero attached hydrogens (tertiary/aromatic N) is 1. The average Bonchev–Trinajstić information content (AvgIpc) is 2.01.